The molecule has 1 aliphatic rings. The molecule has 2 heterocycles. The molecule has 0 spiro atoms. The highest BCUT2D eigenvalue weighted by atomic mass is 32.2. The number of thiophene rings is 1. The molecular weight excluding hydrogens is 454 g/mol. The van der Waals surface area contributed by atoms with Gasteiger partial charge < -0.3 is 10.6 Å². The van der Waals surface area contributed by atoms with E-state index < -0.39 is 0 Å². The maximum absolute atomic E-state index is 12.7. The number of carbonyl (C=O) groups is 2. The van der Waals surface area contributed by atoms with Gasteiger partial charge in [0.25, 0.3) is 5.91 Å². The summed E-state index contributed by atoms with van der Waals surface area (Å²) in [5.74, 6) is 0.546. The van der Waals surface area contributed by atoms with Crippen molar-refractivity contribution in [3.63, 3.8) is 0 Å². The molecule has 0 radical (unpaired) electrons. The standard InChI is InChI=1S/C24H21N5O2S2/c30-21(15-33-24-28-27-22(20-11-6-14-32-20)29(24)17-12-13-17)26-19-10-5-4-9-18(19)23(31)25-16-7-2-1-3-8-16/h1-11,14,17H,12-13,15H2,(H,25,31)(H,26,30). The van der Waals surface area contributed by atoms with Gasteiger partial charge in [-0.1, -0.05) is 48.2 Å². The van der Waals surface area contributed by atoms with Crippen LogP contribution in [0.3, 0.4) is 0 Å². The molecular formula is C24H21N5O2S2. The van der Waals surface area contributed by atoms with E-state index in [0.29, 0.717) is 23.0 Å². The van der Waals surface area contributed by atoms with Crippen LogP contribution in [0.4, 0.5) is 11.4 Å². The molecule has 33 heavy (non-hydrogen) atoms. The van der Waals surface area contributed by atoms with Gasteiger partial charge in [-0.3, -0.25) is 14.2 Å². The van der Waals surface area contributed by atoms with Crippen molar-refractivity contribution in [1.29, 1.82) is 0 Å². The van der Waals surface area contributed by atoms with Crippen LogP contribution < -0.4 is 10.6 Å². The van der Waals surface area contributed by atoms with Gasteiger partial charge in [0, 0.05) is 11.7 Å². The Kier molecular flexibility index (Phi) is 6.23. The molecule has 2 N–H and O–H groups in total. The minimum Gasteiger partial charge on any atom is -0.325 e. The lowest BCUT2D eigenvalue weighted by atomic mass is 10.1. The van der Waals surface area contributed by atoms with E-state index in [4.69, 9.17) is 0 Å². The van der Waals surface area contributed by atoms with E-state index in [-0.39, 0.29) is 17.6 Å². The van der Waals surface area contributed by atoms with Gasteiger partial charge in [0.1, 0.15) is 0 Å². The number of rotatable bonds is 8. The van der Waals surface area contributed by atoms with Crippen molar-refractivity contribution >= 4 is 46.3 Å². The lowest BCUT2D eigenvalue weighted by Crippen LogP contribution is -2.19. The maximum atomic E-state index is 12.7. The predicted octanol–water partition coefficient (Wildman–Crippen LogP) is 5.32. The Morgan fingerprint density at radius 2 is 1.76 bits per heavy atom. The topological polar surface area (TPSA) is 88.9 Å². The van der Waals surface area contributed by atoms with Gasteiger partial charge in [0.05, 0.1) is 21.9 Å². The number of nitrogens with one attached hydrogen (secondary N) is 2. The summed E-state index contributed by atoms with van der Waals surface area (Å²) in [6.45, 7) is 0. The minimum atomic E-state index is -0.279. The number of carbonyl (C=O) groups excluding carboxylic acids is 2. The molecule has 1 aliphatic carbocycles. The fraction of sp³-hybridized carbons (Fsp3) is 0.167. The number of amides is 2. The van der Waals surface area contributed by atoms with Crippen LogP contribution in [0.1, 0.15) is 29.2 Å². The maximum Gasteiger partial charge on any atom is 0.257 e. The van der Waals surface area contributed by atoms with E-state index in [2.05, 4.69) is 25.4 Å². The summed E-state index contributed by atoms with van der Waals surface area (Å²) in [6, 6.07) is 20.6. The van der Waals surface area contributed by atoms with Crippen molar-refractivity contribution in [2.75, 3.05) is 16.4 Å². The number of hydrogen-bond donors (Lipinski definition) is 2. The summed E-state index contributed by atoms with van der Waals surface area (Å²) in [7, 11) is 0. The fourth-order valence-electron chi connectivity index (χ4n) is 3.44. The van der Waals surface area contributed by atoms with Gasteiger partial charge in [-0.05, 0) is 48.6 Å². The molecule has 0 bridgehead atoms. The van der Waals surface area contributed by atoms with E-state index >= 15 is 0 Å². The van der Waals surface area contributed by atoms with Crippen LogP contribution in [-0.2, 0) is 4.79 Å². The van der Waals surface area contributed by atoms with Crippen LogP contribution in [0.5, 0.6) is 0 Å². The third-order valence-electron chi connectivity index (χ3n) is 5.13. The number of benzene rings is 2. The van der Waals surface area contributed by atoms with Crippen molar-refractivity contribution in [3.05, 3.63) is 77.7 Å². The third-order valence-corrected chi connectivity index (χ3v) is 6.94. The lowest BCUT2D eigenvalue weighted by Gasteiger charge is -2.12. The van der Waals surface area contributed by atoms with Gasteiger partial charge in [-0.15, -0.1) is 21.5 Å². The summed E-state index contributed by atoms with van der Waals surface area (Å²) in [6.07, 6.45) is 2.19. The monoisotopic (exact) mass is 475 g/mol. The van der Waals surface area contributed by atoms with Crippen molar-refractivity contribution in [2.24, 2.45) is 0 Å². The Morgan fingerprint density at radius 1 is 0.970 bits per heavy atom. The van der Waals surface area contributed by atoms with Crippen LogP contribution in [0.2, 0.25) is 0 Å². The van der Waals surface area contributed by atoms with Gasteiger partial charge >= 0.3 is 0 Å². The Hall–Kier alpha value is -3.43. The SMILES string of the molecule is O=C(CSc1nnc(-c2cccs2)n1C1CC1)Nc1ccccc1C(=O)Nc1ccccc1. The first-order valence-corrected chi connectivity index (χ1v) is 12.4. The van der Waals surface area contributed by atoms with Crippen molar-refractivity contribution in [2.45, 2.75) is 24.0 Å². The number of para-hydroxylation sites is 2. The third kappa shape index (κ3) is 4.99. The zero-order valence-electron chi connectivity index (χ0n) is 17.6. The Bertz CT molecular complexity index is 1270. The smallest absolute Gasteiger partial charge is 0.257 e. The van der Waals surface area contributed by atoms with E-state index in [0.717, 1.165) is 28.7 Å². The second kappa shape index (κ2) is 9.60. The number of anilines is 2. The Balaban J connectivity index is 1.26. The molecule has 0 saturated heterocycles. The van der Waals surface area contributed by atoms with E-state index in [1.54, 1.807) is 35.6 Å². The average molecular weight is 476 g/mol. The van der Waals surface area contributed by atoms with Crippen LogP contribution in [0.15, 0.2) is 77.3 Å². The van der Waals surface area contributed by atoms with Crippen LogP contribution >= 0.6 is 23.1 Å². The van der Waals surface area contributed by atoms with Crippen LogP contribution in [0.25, 0.3) is 10.7 Å². The first kappa shape index (κ1) is 21.4. The second-order valence-corrected chi connectivity index (χ2v) is 9.48. The molecule has 5 rings (SSSR count). The van der Waals surface area contributed by atoms with Gasteiger partial charge in [-0.25, -0.2) is 0 Å². The summed E-state index contributed by atoms with van der Waals surface area (Å²) >= 11 is 2.99. The summed E-state index contributed by atoms with van der Waals surface area (Å²) in [4.78, 5) is 26.6. The molecule has 7 nitrogen and oxygen atoms in total. The van der Waals surface area contributed by atoms with Gasteiger partial charge in [0.15, 0.2) is 11.0 Å². The normalized spacial score (nSPS) is 13.0. The highest BCUT2D eigenvalue weighted by Gasteiger charge is 2.30. The molecule has 1 saturated carbocycles. The number of hydrogen-bond acceptors (Lipinski definition) is 6. The summed E-state index contributed by atoms with van der Waals surface area (Å²) < 4.78 is 2.14. The van der Waals surface area contributed by atoms with E-state index in [9.17, 15) is 9.59 Å². The molecule has 2 aromatic carbocycles. The first-order chi connectivity index (χ1) is 16.2. The average Bonchev–Trinajstić information content (AvgIpc) is 3.35. The molecule has 2 aromatic heterocycles. The highest BCUT2D eigenvalue weighted by molar-refractivity contribution is 7.99. The molecule has 166 valence electrons. The number of nitrogens with zero attached hydrogens (tertiary/aromatic N) is 3. The van der Waals surface area contributed by atoms with E-state index in [1.165, 1.54) is 11.8 Å². The second-order valence-electron chi connectivity index (χ2n) is 7.59. The van der Waals surface area contributed by atoms with Crippen LogP contribution in [-0.4, -0.2) is 32.3 Å². The number of thioether (sulfide) groups is 1. The molecule has 0 aliphatic heterocycles. The lowest BCUT2D eigenvalue weighted by molar-refractivity contribution is -0.113. The summed E-state index contributed by atoms with van der Waals surface area (Å²) in [5, 5.41) is 17.2. The molecule has 0 atom stereocenters. The Morgan fingerprint density at radius 3 is 2.52 bits per heavy atom. The quantitative estimate of drug-likeness (QED) is 0.337. The zero-order valence-corrected chi connectivity index (χ0v) is 19.2. The van der Waals surface area contributed by atoms with Crippen molar-refractivity contribution in [1.82, 2.24) is 14.8 Å². The minimum absolute atomic E-state index is 0.171. The van der Waals surface area contributed by atoms with Crippen LogP contribution in [0, 0.1) is 0 Å². The highest BCUT2D eigenvalue weighted by Crippen LogP contribution is 2.41. The molecule has 1 fully saturated rings. The zero-order chi connectivity index (χ0) is 22.6. The first-order valence-electron chi connectivity index (χ1n) is 10.6. The predicted molar refractivity (Wildman–Crippen MR) is 132 cm³/mol. The Labute approximate surface area is 199 Å². The van der Waals surface area contributed by atoms with Gasteiger partial charge in [-0.2, -0.15) is 0 Å². The van der Waals surface area contributed by atoms with E-state index in [1.807, 2.05) is 47.8 Å². The van der Waals surface area contributed by atoms with Crippen molar-refractivity contribution < 1.29 is 9.59 Å². The largest absolute Gasteiger partial charge is 0.325 e. The molecule has 2 amide bonds. The molecule has 0 unspecified atom stereocenters. The van der Waals surface area contributed by atoms with Gasteiger partial charge in [0.2, 0.25) is 5.91 Å². The number of aromatic nitrogens is 3. The fourth-order valence-corrected chi connectivity index (χ4v) is 4.95. The summed E-state index contributed by atoms with van der Waals surface area (Å²) in [5.41, 5.74) is 1.57. The molecule has 9 heteroatoms. The van der Waals surface area contributed by atoms with Crippen molar-refractivity contribution in [3.8, 4) is 10.7 Å². The molecule has 4 aromatic rings.